The zero-order valence-corrected chi connectivity index (χ0v) is 7.88. The monoisotopic (exact) mass is 199 g/mol. The van der Waals surface area contributed by atoms with Crippen LogP contribution in [0.4, 0.5) is 8.78 Å². The summed E-state index contributed by atoms with van der Waals surface area (Å²) in [7, 11) is 0. The molecule has 0 aromatic heterocycles. The third kappa shape index (κ3) is 3.68. The van der Waals surface area contributed by atoms with Gasteiger partial charge in [0.05, 0.1) is 0 Å². The minimum Gasteiger partial charge on any atom is -0.330 e. The molecule has 1 aliphatic rings. The average Bonchev–Trinajstić information content (AvgIpc) is 1.85. The van der Waals surface area contributed by atoms with Crippen molar-refractivity contribution in [2.24, 2.45) is 11.7 Å². The van der Waals surface area contributed by atoms with Gasteiger partial charge in [0.25, 0.3) is 0 Å². The van der Waals surface area contributed by atoms with E-state index in [1.165, 1.54) is 0 Å². The average molecular weight is 200 g/mol. The summed E-state index contributed by atoms with van der Waals surface area (Å²) < 4.78 is 25.5. The van der Waals surface area contributed by atoms with E-state index in [0.29, 0.717) is 13.0 Å². The van der Waals surface area contributed by atoms with Gasteiger partial charge in [0.1, 0.15) is 0 Å². The third-order valence-electron chi connectivity index (χ3n) is 2.32. The SMILES string of the molecule is Cl.NCCC1CCCC(F)(F)C1. The van der Waals surface area contributed by atoms with Gasteiger partial charge in [0, 0.05) is 12.8 Å². The molecule has 1 rings (SSSR count). The van der Waals surface area contributed by atoms with Crippen LogP contribution < -0.4 is 5.73 Å². The Morgan fingerprint density at radius 3 is 2.58 bits per heavy atom. The fraction of sp³-hybridized carbons (Fsp3) is 1.00. The maximum Gasteiger partial charge on any atom is 0.248 e. The van der Waals surface area contributed by atoms with Crippen LogP contribution in [0.1, 0.15) is 32.1 Å². The van der Waals surface area contributed by atoms with Gasteiger partial charge in [0.15, 0.2) is 0 Å². The van der Waals surface area contributed by atoms with Crippen molar-refractivity contribution in [3.8, 4) is 0 Å². The minimum absolute atomic E-state index is 0. The van der Waals surface area contributed by atoms with Gasteiger partial charge in [-0.25, -0.2) is 8.78 Å². The first-order valence-corrected chi connectivity index (χ1v) is 4.22. The fourth-order valence-corrected chi connectivity index (χ4v) is 1.76. The van der Waals surface area contributed by atoms with E-state index in [1.54, 1.807) is 0 Å². The van der Waals surface area contributed by atoms with Crippen LogP contribution in [0.5, 0.6) is 0 Å². The molecule has 1 unspecified atom stereocenters. The van der Waals surface area contributed by atoms with E-state index >= 15 is 0 Å². The molecule has 12 heavy (non-hydrogen) atoms. The predicted octanol–water partition coefficient (Wildman–Crippen LogP) is 2.58. The van der Waals surface area contributed by atoms with Crippen LogP contribution in [0, 0.1) is 5.92 Å². The van der Waals surface area contributed by atoms with Gasteiger partial charge in [-0.05, 0) is 31.7 Å². The summed E-state index contributed by atoms with van der Waals surface area (Å²) in [5.74, 6) is -2.23. The predicted molar refractivity (Wildman–Crippen MR) is 47.8 cm³/mol. The zero-order valence-electron chi connectivity index (χ0n) is 7.06. The molecule has 0 amide bonds. The van der Waals surface area contributed by atoms with Gasteiger partial charge < -0.3 is 5.73 Å². The first kappa shape index (κ1) is 12.1. The van der Waals surface area contributed by atoms with E-state index in [-0.39, 0.29) is 31.2 Å². The summed E-state index contributed by atoms with van der Waals surface area (Å²) in [5.41, 5.74) is 5.30. The van der Waals surface area contributed by atoms with E-state index in [4.69, 9.17) is 5.73 Å². The summed E-state index contributed by atoms with van der Waals surface area (Å²) in [6.07, 6.45) is 2.50. The molecule has 1 atom stereocenters. The maximum atomic E-state index is 12.7. The summed E-state index contributed by atoms with van der Waals surface area (Å²) in [6, 6.07) is 0. The number of hydrogen-bond donors (Lipinski definition) is 1. The number of halogens is 3. The van der Waals surface area contributed by atoms with Crippen LogP contribution >= 0.6 is 12.4 Å². The highest BCUT2D eigenvalue weighted by Gasteiger charge is 2.35. The largest absolute Gasteiger partial charge is 0.330 e. The second-order valence-electron chi connectivity index (χ2n) is 3.40. The Labute approximate surface area is 78.1 Å². The zero-order chi connectivity index (χ0) is 8.32. The molecule has 1 aliphatic carbocycles. The molecule has 1 saturated carbocycles. The molecule has 0 spiro atoms. The lowest BCUT2D eigenvalue weighted by molar-refractivity contribution is -0.0531. The van der Waals surface area contributed by atoms with Crippen LogP contribution in [0.15, 0.2) is 0 Å². The topological polar surface area (TPSA) is 26.0 Å². The molecule has 1 fully saturated rings. The lowest BCUT2D eigenvalue weighted by Gasteiger charge is -2.28. The Kier molecular flexibility index (Phi) is 5.02. The Balaban J connectivity index is 0.00000121. The first-order valence-electron chi connectivity index (χ1n) is 4.22. The van der Waals surface area contributed by atoms with Crippen molar-refractivity contribution in [2.45, 2.75) is 38.0 Å². The van der Waals surface area contributed by atoms with Gasteiger partial charge in [0.2, 0.25) is 5.92 Å². The van der Waals surface area contributed by atoms with E-state index in [1.807, 2.05) is 0 Å². The van der Waals surface area contributed by atoms with Gasteiger partial charge in [-0.3, -0.25) is 0 Å². The van der Waals surface area contributed by atoms with Gasteiger partial charge in [-0.1, -0.05) is 0 Å². The van der Waals surface area contributed by atoms with Crippen molar-refractivity contribution in [1.29, 1.82) is 0 Å². The standard InChI is InChI=1S/C8H15F2N.ClH/c9-8(10)4-1-2-7(6-8)3-5-11;/h7H,1-6,11H2;1H. The maximum absolute atomic E-state index is 12.7. The smallest absolute Gasteiger partial charge is 0.248 e. The highest BCUT2D eigenvalue weighted by atomic mass is 35.5. The molecule has 0 bridgehead atoms. The third-order valence-corrected chi connectivity index (χ3v) is 2.32. The lowest BCUT2D eigenvalue weighted by atomic mass is 9.84. The van der Waals surface area contributed by atoms with Gasteiger partial charge >= 0.3 is 0 Å². The van der Waals surface area contributed by atoms with E-state index in [0.717, 1.165) is 12.8 Å². The number of rotatable bonds is 2. The normalized spacial score (nSPS) is 27.8. The fourth-order valence-electron chi connectivity index (χ4n) is 1.76. The van der Waals surface area contributed by atoms with Crippen molar-refractivity contribution in [3.63, 3.8) is 0 Å². The number of nitrogens with two attached hydrogens (primary N) is 1. The summed E-state index contributed by atoms with van der Waals surface area (Å²) >= 11 is 0. The molecule has 0 heterocycles. The van der Waals surface area contributed by atoms with Crippen molar-refractivity contribution < 1.29 is 8.78 Å². The molecule has 4 heteroatoms. The summed E-state index contributed by atoms with van der Waals surface area (Å²) in [6.45, 7) is 0.542. The highest BCUT2D eigenvalue weighted by molar-refractivity contribution is 5.85. The summed E-state index contributed by atoms with van der Waals surface area (Å²) in [5, 5.41) is 0. The molecule has 0 aromatic carbocycles. The minimum atomic E-state index is -2.40. The second kappa shape index (κ2) is 4.97. The van der Waals surface area contributed by atoms with Crippen LogP contribution in [-0.2, 0) is 0 Å². The molecular formula is C8H16ClF2N. The lowest BCUT2D eigenvalue weighted by Crippen LogP contribution is -2.27. The first-order chi connectivity index (χ1) is 5.14. The second-order valence-corrected chi connectivity index (χ2v) is 3.40. The van der Waals surface area contributed by atoms with Crippen LogP contribution in [-0.4, -0.2) is 12.5 Å². The highest BCUT2D eigenvalue weighted by Crippen LogP contribution is 2.37. The van der Waals surface area contributed by atoms with Crippen LogP contribution in [0.3, 0.4) is 0 Å². The van der Waals surface area contributed by atoms with E-state index in [9.17, 15) is 8.78 Å². The Morgan fingerprint density at radius 2 is 2.08 bits per heavy atom. The molecular weight excluding hydrogens is 184 g/mol. The molecule has 2 N–H and O–H groups in total. The molecule has 0 aromatic rings. The Bertz CT molecular complexity index is 128. The van der Waals surface area contributed by atoms with Crippen molar-refractivity contribution >= 4 is 12.4 Å². The van der Waals surface area contributed by atoms with Gasteiger partial charge in [-0.2, -0.15) is 0 Å². The summed E-state index contributed by atoms with van der Waals surface area (Å²) in [4.78, 5) is 0. The Morgan fingerprint density at radius 1 is 1.42 bits per heavy atom. The molecule has 74 valence electrons. The van der Waals surface area contributed by atoms with Crippen molar-refractivity contribution in [2.75, 3.05) is 6.54 Å². The van der Waals surface area contributed by atoms with E-state index < -0.39 is 5.92 Å². The molecule has 1 nitrogen and oxygen atoms in total. The molecule has 0 aliphatic heterocycles. The quantitative estimate of drug-likeness (QED) is 0.727. The van der Waals surface area contributed by atoms with Crippen molar-refractivity contribution in [1.82, 2.24) is 0 Å². The molecule has 0 saturated heterocycles. The van der Waals surface area contributed by atoms with Crippen LogP contribution in [0.25, 0.3) is 0 Å². The Hall–Kier alpha value is 0.110. The number of hydrogen-bond acceptors (Lipinski definition) is 1. The van der Waals surface area contributed by atoms with E-state index in [2.05, 4.69) is 0 Å². The van der Waals surface area contributed by atoms with Crippen LogP contribution in [0.2, 0.25) is 0 Å². The number of alkyl halides is 2. The molecule has 0 radical (unpaired) electrons. The van der Waals surface area contributed by atoms with Gasteiger partial charge in [-0.15, -0.1) is 12.4 Å². The van der Waals surface area contributed by atoms with Crippen molar-refractivity contribution in [3.05, 3.63) is 0 Å².